The van der Waals surface area contributed by atoms with Gasteiger partial charge in [-0.25, -0.2) is 0 Å². The number of nitrogens with two attached hydrogens (primary N) is 1. The highest BCUT2D eigenvalue weighted by Gasteiger charge is 2.47. The average molecular weight is 268 g/mol. The molecule has 0 aromatic heterocycles. The highest BCUT2D eigenvalue weighted by atomic mass is 16.5. The standard InChI is InChI=1S/C16H32N2O/c1-4-14-11-19-10-9-18(14)16(12-17)8-6-5-7-15(16)13(2)3/h13-15H,4-12,17H2,1-3H3. The molecule has 2 N–H and O–H groups in total. The summed E-state index contributed by atoms with van der Waals surface area (Å²) >= 11 is 0. The third-order valence-electron chi connectivity index (χ3n) is 5.49. The van der Waals surface area contributed by atoms with Crippen molar-refractivity contribution in [3.8, 4) is 0 Å². The summed E-state index contributed by atoms with van der Waals surface area (Å²) in [5.74, 6) is 1.47. The number of hydrogen-bond donors (Lipinski definition) is 1. The molecule has 0 bridgehead atoms. The number of ether oxygens (including phenoxy) is 1. The van der Waals surface area contributed by atoms with E-state index in [1.165, 1.54) is 32.1 Å². The van der Waals surface area contributed by atoms with E-state index in [-0.39, 0.29) is 5.54 Å². The number of rotatable bonds is 4. The van der Waals surface area contributed by atoms with Crippen molar-refractivity contribution in [2.75, 3.05) is 26.3 Å². The molecule has 0 aromatic carbocycles. The zero-order valence-corrected chi connectivity index (χ0v) is 13.0. The van der Waals surface area contributed by atoms with Gasteiger partial charge < -0.3 is 10.5 Å². The van der Waals surface area contributed by atoms with Gasteiger partial charge in [0.1, 0.15) is 0 Å². The molecule has 1 aliphatic heterocycles. The summed E-state index contributed by atoms with van der Waals surface area (Å²) in [7, 11) is 0. The van der Waals surface area contributed by atoms with Crippen LogP contribution >= 0.6 is 0 Å². The summed E-state index contributed by atoms with van der Waals surface area (Å²) < 4.78 is 5.70. The van der Waals surface area contributed by atoms with Crippen LogP contribution in [0.15, 0.2) is 0 Å². The largest absolute Gasteiger partial charge is 0.378 e. The molecule has 3 unspecified atom stereocenters. The molecule has 19 heavy (non-hydrogen) atoms. The molecule has 0 spiro atoms. The molecular weight excluding hydrogens is 236 g/mol. The second kappa shape index (κ2) is 6.55. The van der Waals surface area contributed by atoms with Crippen LogP contribution < -0.4 is 5.73 Å². The molecular formula is C16H32N2O. The first kappa shape index (κ1) is 15.3. The molecule has 0 aromatic rings. The van der Waals surface area contributed by atoms with Crippen LogP contribution in [0.2, 0.25) is 0 Å². The van der Waals surface area contributed by atoms with Gasteiger partial charge in [0.05, 0.1) is 13.2 Å². The molecule has 1 saturated carbocycles. The Morgan fingerprint density at radius 3 is 2.79 bits per heavy atom. The van der Waals surface area contributed by atoms with E-state index in [0.717, 1.165) is 38.1 Å². The summed E-state index contributed by atoms with van der Waals surface area (Å²) in [5, 5.41) is 0. The lowest BCUT2D eigenvalue weighted by molar-refractivity contribution is -0.104. The van der Waals surface area contributed by atoms with Crippen molar-refractivity contribution in [2.45, 2.75) is 64.5 Å². The Labute approximate surface area is 118 Å². The van der Waals surface area contributed by atoms with Gasteiger partial charge in [0, 0.05) is 24.7 Å². The average Bonchev–Trinajstić information content (AvgIpc) is 2.46. The SMILES string of the molecule is CCC1COCCN1C1(CN)CCCCC1C(C)C. The van der Waals surface area contributed by atoms with Crippen molar-refractivity contribution in [3.63, 3.8) is 0 Å². The Morgan fingerprint density at radius 1 is 1.37 bits per heavy atom. The summed E-state index contributed by atoms with van der Waals surface area (Å²) in [6, 6.07) is 0.566. The lowest BCUT2D eigenvalue weighted by Gasteiger charge is -2.56. The lowest BCUT2D eigenvalue weighted by atomic mass is 9.66. The van der Waals surface area contributed by atoms with Crippen LogP contribution in [0.4, 0.5) is 0 Å². The second-order valence-corrected chi connectivity index (χ2v) is 6.73. The van der Waals surface area contributed by atoms with Gasteiger partial charge in [-0.2, -0.15) is 0 Å². The summed E-state index contributed by atoms with van der Waals surface area (Å²) in [4.78, 5) is 2.74. The fourth-order valence-electron chi connectivity index (χ4n) is 4.51. The predicted molar refractivity (Wildman–Crippen MR) is 80.2 cm³/mol. The number of nitrogens with zero attached hydrogens (tertiary/aromatic N) is 1. The predicted octanol–water partition coefficient (Wildman–Crippen LogP) is 2.64. The number of hydrogen-bond acceptors (Lipinski definition) is 3. The van der Waals surface area contributed by atoms with Gasteiger partial charge in [0.2, 0.25) is 0 Å². The van der Waals surface area contributed by atoms with Gasteiger partial charge in [-0.3, -0.25) is 4.90 Å². The Kier molecular flexibility index (Phi) is 5.27. The van der Waals surface area contributed by atoms with Crippen LogP contribution in [0.1, 0.15) is 52.9 Å². The lowest BCUT2D eigenvalue weighted by Crippen LogP contribution is -2.66. The molecule has 0 amide bonds. The minimum absolute atomic E-state index is 0.233. The van der Waals surface area contributed by atoms with E-state index in [4.69, 9.17) is 10.5 Å². The van der Waals surface area contributed by atoms with Gasteiger partial charge in [-0.15, -0.1) is 0 Å². The molecule has 2 rings (SSSR count). The van der Waals surface area contributed by atoms with Crippen molar-refractivity contribution >= 4 is 0 Å². The van der Waals surface area contributed by atoms with Crippen LogP contribution in [0.25, 0.3) is 0 Å². The van der Waals surface area contributed by atoms with Crippen molar-refractivity contribution in [2.24, 2.45) is 17.6 Å². The Bertz CT molecular complexity index is 282. The first-order chi connectivity index (χ1) is 9.15. The Morgan fingerprint density at radius 2 is 2.16 bits per heavy atom. The Balaban J connectivity index is 2.27. The third-order valence-corrected chi connectivity index (χ3v) is 5.49. The minimum atomic E-state index is 0.233. The zero-order valence-electron chi connectivity index (χ0n) is 13.0. The van der Waals surface area contributed by atoms with E-state index in [0.29, 0.717) is 6.04 Å². The summed E-state index contributed by atoms with van der Waals surface area (Å²) in [5.41, 5.74) is 6.56. The molecule has 3 heteroatoms. The molecule has 112 valence electrons. The van der Waals surface area contributed by atoms with Gasteiger partial charge in [0.25, 0.3) is 0 Å². The van der Waals surface area contributed by atoms with E-state index < -0.39 is 0 Å². The molecule has 1 saturated heterocycles. The maximum absolute atomic E-state index is 6.33. The molecule has 3 nitrogen and oxygen atoms in total. The van der Waals surface area contributed by atoms with Crippen LogP contribution in [0.3, 0.4) is 0 Å². The van der Waals surface area contributed by atoms with Crippen molar-refractivity contribution in [1.82, 2.24) is 4.90 Å². The molecule has 3 atom stereocenters. The van der Waals surface area contributed by atoms with Crippen molar-refractivity contribution in [1.29, 1.82) is 0 Å². The maximum Gasteiger partial charge on any atom is 0.0622 e. The normalized spacial score (nSPS) is 37.7. The van der Waals surface area contributed by atoms with Crippen LogP contribution in [-0.4, -0.2) is 42.8 Å². The zero-order chi connectivity index (χ0) is 13.9. The molecule has 0 radical (unpaired) electrons. The molecule has 1 heterocycles. The van der Waals surface area contributed by atoms with Crippen LogP contribution in [0.5, 0.6) is 0 Å². The van der Waals surface area contributed by atoms with E-state index >= 15 is 0 Å². The van der Waals surface area contributed by atoms with Gasteiger partial charge >= 0.3 is 0 Å². The second-order valence-electron chi connectivity index (χ2n) is 6.73. The maximum atomic E-state index is 6.33. The molecule has 2 aliphatic rings. The van der Waals surface area contributed by atoms with E-state index in [9.17, 15) is 0 Å². The van der Waals surface area contributed by atoms with Crippen LogP contribution in [0, 0.1) is 11.8 Å². The van der Waals surface area contributed by atoms with E-state index in [2.05, 4.69) is 25.7 Å². The van der Waals surface area contributed by atoms with Gasteiger partial charge in [-0.1, -0.05) is 33.6 Å². The van der Waals surface area contributed by atoms with Crippen molar-refractivity contribution < 1.29 is 4.74 Å². The van der Waals surface area contributed by atoms with Gasteiger partial charge in [0.15, 0.2) is 0 Å². The fourth-order valence-corrected chi connectivity index (χ4v) is 4.51. The van der Waals surface area contributed by atoms with Crippen molar-refractivity contribution in [3.05, 3.63) is 0 Å². The highest BCUT2D eigenvalue weighted by molar-refractivity contribution is 5.03. The van der Waals surface area contributed by atoms with Crippen LogP contribution in [-0.2, 0) is 4.74 Å². The quantitative estimate of drug-likeness (QED) is 0.852. The smallest absolute Gasteiger partial charge is 0.0622 e. The van der Waals surface area contributed by atoms with Gasteiger partial charge in [-0.05, 0) is 31.1 Å². The van der Waals surface area contributed by atoms with E-state index in [1.54, 1.807) is 0 Å². The monoisotopic (exact) mass is 268 g/mol. The minimum Gasteiger partial charge on any atom is -0.378 e. The fraction of sp³-hybridized carbons (Fsp3) is 1.00. The summed E-state index contributed by atoms with van der Waals surface area (Å²) in [6.45, 7) is 10.7. The third kappa shape index (κ3) is 2.84. The topological polar surface area (TPSA) is 38.5 Å². The first-order valence-electron chi connectivity index (χ1n) is 8.20. The summed E-state index contributed by atoms with van der Waals surface area (Å²) in [6.07, 6.45) is 6.53. The highest BCUT2D eigenvalue weighted by Crippen LogP contribution is 2.43. The number of morpholine rings is 1. The molecule has 2 fully saturated rings. The molecule has 1 aliphatic carbocycles. The van der Waals surface area contributed by atoms with E-state index in [1.807, 2.05) is 0 Å². The Hall–Kier alpha value is -0.120. The first-order valence-corrected chi connectivity index (χ1v) is 8.20.